The smallest absolute Gasteiger partial charge is 0.225 e. The van der Waals surface area contributed by atoms with Gasteiger partial charge in [0.15, 0.2) is 5.78 Å². The average molecular weight is 421 g/mol. The molecular weight excluding hydrogens is 388 g/mol. The van der Waals surface area contributed by atoms with E-state index in [1.807, 2.05) is 30.2 Å². The van der Waals surface area contributed by atoms with E-state index in [9.17, 15) is 9.59 Å². The summed E-state index contributed by atoms with van der Waals surface area (Å²) in [5, 5.41) is 0. The maximum atomic E-state index is 13.1. The summed E-state index contributed by atoms with van der Waals surface area (Å²) in [6, 6.07) is 10.0. The largest absolute Gasteiger partial charge is 0.342 e. The van der Waals surface area contributed by atoms with Crippen LogP contribution in [0.2, 0.25) is 0 Å². The van der Waals surface area contributed by atoms with Crippen molar-refractivity contribution in [1.82, 2.24) is 19.8 Å². The van der Waals surface area contributed by atoms with Crippen LogP contribution in [0, 0.1) is 18.8 Å². The van der Waals surface area contributed by atoms with Gasteiger partial charge in [0, 0.05) is 49.1 Å². The Bertz CT molecular complexity index is 901. The van der Waals surface area contributed by atoms with Crippen LogP contribution in [0.1, 0.15) is 60.4 Å². The summed E-state index contributed by atoms with van der Waals surface area (Å²) < 4.78 is 0. The molecule has 164 valence electrons. The first kappa shape index (κ1) is 21.6. The number of carbonyl (C=O) groups excluding carboxylic acids is 2. The van der Waals surface area contributed by atoms with Crippen molar-refractivity contribution in [2.75, 3.05) is 26.2 Å². The minimum absolute atomic E-state index is 0.0227. The molecule has 0 saturated carbocycles. The Balaban J connectivity index is 1.26. The third-order valence-electron chi connectivity index (χ3n) is 6.92. The van der Waals surface area contributed by atoms with Crippen molar-refractivity contribution in [1.29, 1.82) is 0 Å². The number of nitrogens with zero attached hydrogens (tertiary/aromatic N) is 4. The molecule has 1 unspecified atom stereocenters. The Labute approximate surface area is 184 Å². The molecule has 0 N–H and O–H groups in total. The van der Waals surface area contributed by atoms with Gasteiger partial charge in [-0.05, 0) is 82.4 Å². The topological polar surface area (TPSA) is 66.4 Å². The fraction of sp³-hybridized carbons (Fsp3) is 0.520. The van der Waals surface area contributed by atoms with Gasteiger partial charge in [-0.1, -0.05) is 6.07 Å². The number of aromatic nitrogens is 2. The van der Waals surface area contributed by atoms with Crippen LogP contribution >= 0.6 is 0 Å². The molecule has 1 atom stereocenters. The summed E-state index contributed by atoms with van der Waals surface area (Å²) in [6.07, 6.45) is 6.81. The molecule has 2 aliphatic heterocycles. The lowest BCUT2D eigenvalue weighted by Gasteiger charge is -2.39. The summed E-state index contributed by atoms with van der Waals surface area (Å²) in [7, 11) is 0. The van der Waals surface area contributed by atoms with Gasteiger partial charge in [0.05, 0.1) is 0 Å². The highest BCUT2D eigenvalue weighted by Crippen LogP contribution is 2.29. The van der Waals surface area contributed by atoms with Crippen LogP contribution in [0.5, 0.6) is 0 Å². The molecule has 6 nitrogen and oxygen atoms in total. The van der Waals surface area contributed by atoms with Crippen molar-refractivity contribution in [3.63, 3.8) is 0 Å². The van der Waals surface area contributed by atoms with Crippen molar-refractivity contribution in [2.24, 2.45) is 11.8 Å². The van der Waals surface area contributed by atoms with E-state index in [4.69, 9.17) is 0 Å². The van der Waals surface area contributed by atoms with E-state index in [2.05, 4.69) is 33.9 Å². The lowest BCUT2D eigenvalue weighted by Crippen LogP contribution is -2.46. The summed E-state index contributed by atoms with van der Waals surface area (Å²) in [5.74, 6) is 0.466. The van der Waals surface area contributed by atoms with Crippen molar-refractivity contribution < 1.29 is 9.59 Å². The number of carbonyl (C=O) groups is 2. The number of ketones is 1. The number of likely N-dealkylation sites (tertiary alicyclic amines) is 2. The van der Waals surface area contributed by atoms with Gasteiger partial charge in [-0.2, -0.15) is 0 Å². The average Bonchev–Trinajstić information content (AvgIpc) is 2.83. The number of piperidine rings is 2. The number of rotatable bonds is 5. The minimum atomic E-state index is -0.0227. The van der Waals surface area contributed by atoms with E-state index in [0.29, 0.717) is 24.8 Å². The standard InChI is InChI=1S/C25H32N4O2/c1-18-17-22(6-12-26-18)19(2)28-13-9-21(10-14-28)25(31)29-15-7-20(8-16-29)24(30)23-5-3-4-11-27-23/h3-6,11-12,17,19-21H,7-10,13-16H2,1-2H3. The maximum absolute atomic E-state index is 13.1. The highest BCUT2D eigenvalue weighted by molar-refractivity contribution is 5.96. The van der Waals surface area contributed by atoms with Crippen molar-refractivity contribution in [3.05, 3.63) is 59.7 Å². The zero-order valence-electron chi connectivity index (χ0n) is 18.5. The van der Waals surface area contributed by atoms with E-state index in [0.717, 1.165) is 44.5 Å². The predicted octanol–water partition coefficient (Wildman–Crippen LogP) is 3.68. The third-order valence-corrected chi connectivity index (χ3v) is 6.92. The Morgan fingerprint density at radius 1 is 0.935 bits per heavy atom. The number of hydrogen-bond acceptors (Lipinski definition) is 5. The van der Waals surface area contributed by atoms with Crippen LogP contribution in [0.3, 0.4) is 0 Å². The van der Waals surface area contributed by atoms with Crippen LogP contribution in [-0.2, 0) is 4.79 Å². The number of hydrogen-bond donors (Lipinski definition) is 0. The highest BCUT2D eigenvalue weighted by atomic mass is 16.2. The monoisotopic (exact) mass is 420 g/mol. The number of aryl methyl sites for hydroxylation is 1. The molecule has 2 aromatic heterocycles. The Hall–Kier alpha value is -2.60. The first-order valence-electron chi connectivity index (χ1n) is 11.4. The van der Waals surface area contributed by atoms with Crippen molar-refractivity contribution in [2.45, 2.75) is 45.6 Å². The van der Waals surface area contributed by atoms with Crippen LogP contribution < -0.4 is 0 Å². The van der Waals surface area contributed by atoms with Crippen LogP contribution in [0.4, 0.5) is 0 Å². The van der Waals surface area contributed by atoms with Crippen molar-refractivity contribution in [3.8, 4) is 0 Å². The van der Waals surface area contributed by atoms with E-state index in [-0.39, 0.29) is 23.5 Å². The number of amides is 1. The fourth-order valence-corrected chi connectivity index (χ4v) is 4.91. The van der Waals surface area contributed by atoms with Crippen LogP contribution in [-0.4, -0.2) is 57.6 Å². The molecule has 0 aromatic carbocycles. The first-order chi connectivity index (χ1) is 15.0. The molecular formula is C25H32N4O2. The summed E-state index contributed by atoms with van der Waals surface area (Å²) in [4.78, 5) is 38.7. The van der Waals surface area contributed by atoms with Gasteiger partial charge in [0.25, 0.3) is 0 Å². The fourth-order valence-electron chi connectivity index (χ4n) is 4.91. The summed E-state index contributed by atoms with van der Waals surface area (Å²) in [5.41, 5.74) is 2.87. The minimum Gasteiger partial charge on any atom is -0.342 e. The molecule has 2 aliphatic rings. The molecule has 2 saturated heterocycles. The van der Waals surface area contributed by atoms with Crippen LogP contribution in [0.25, 0.3) is 0 Å². The molecule has 0 aliphatic carbocycles. The lowest BCUT2D eigenvalue weighted by atomic mass is 9.88. The SMILES string of the molecule is Cc1cc(C(C)N2CCC(C(=O)N3CCC(C(=O)c4ccccn4)CC3)CC2)ccn1. The Kier molecular flexibility index (Phi) is 6.76. The van der Waals surface area contributed by atoms with E-state index in [1.165, 1.54) is 5.56 Å². The molecule has 0 radical (unpaired) electrons. The zero-order chi connectivity index (χ0) is 21.8. The first-order valence-corrected chi connectivity index (χ1v) is 11.4. The zero-order valence-corrected chi connectivity index (χ0v) is 18.5. The lowest BCUT2D eigenvalue weighted by molar-refractivity contribution is -0.138. The van der Waals surface area contributed by atoms with Gasteiger partial charge in [-0.3, -0.25) is 24.5 Å². The van der Waals surface area contributed by atoms with Crippen molar-refractivity contribution >= 4 is 11.7 Å². The van der Waals surface area contributed by atoms with Gasteiger partial charge >= 0.3 is 0 Å². The Morgan fingerprint density at radius 3 is 2.29 bits per heavy atom. The Morgan fingerprint density at radius 2 is 1.65 bits per heavy atom. The molecule has 0 bridgehead atoms. The van der Waals surface area contributed by atoms with Gasteiger partial charge in [-0.15, -0.1) is 0 Å². The second-order valence-electron chi connectivity index (χ2n) is 8.90. The molecule has 0 spiro atoms. The van der Waals surface area contributed by atoms with Gasteiger partial charge in [0.2, 0.25) is 5.91 Å². The van der Waals surface area contributed by atoms with E-state index in [1.54, 1.807) is 12.3 Å². The predicted molar refractivity (Wildman–Crippen MR) is 120 cm³/mol. The number of pyridine rings is 2. The summed E-state index contributed by atoms with van der Waals surface area (Å²) >= 11 is 0. The van der Waals surface area contributed by atoms with Gasteiger partial charge in [-0.25, -0.2) is 0 Å². The van der Waals surface area contributed by atoms with Gasteiger partial charge < -0.3 is 4.90 Å². The molecule has 6 heteroatoms. The highest BCUT2D eigenvalue weighted by Gasteiger charge is 2.34. The quantitative estimate of drug-likeness (QED) is 0.691. The van der Waals surface area contributed by atoms with E-state index < -0.39 is 0 Å². The normalized spacial score (nSPS) is 19.9. The molecule has 2 fully saturated rings. The molecule has 4 heterocycles. The molecule has 4 rings (SSSR count). The number of Topliss-reactive ketones (excluding diaryl/α,β-unsaturated/α-hetero) is 1. The second kappa shape index (κ2) is 9.69. The van der Waals surface area contributed by atoms with Gasteiger partial charge in [0.1, 0.15) is 5.69 Å². The third kappa shape index (κ3) is 5.01. The summed E-state index contributed by atoms with van der Waals surface area (Å²) in [6.45, 7) is 7.49. The molecule has 31 heavy (non-hydrogen) atoms. The maximum Gasteiger partial charge on any atom is 0.225 e. The molecule has 2 aromatic rings. The molecule has 1 amide bonds. The van der Waals surface area contributed by atoms with Crippen LogP contribution in [0.15, 0.2) is 42.7 Å². The second-order valence-corrected chi connectivity index (χ2v) is 8.90. The van der Waals surface area contributed by atoms with E-state index >= 15 is 0 Å².